The Hall–Kier alpha value is -1.67. The van der Waals surface area contributed by atoms with Gasteiger partial charge in [-0.2, -0.15) is 0 Å². The van der Waals surface area contributed by atoms with E-state index in [1.54, 1.807) is 0 Å². The molecule has 1 aromatic rings. The number of nitrogens with one attached hydrogen (secondary N) is 1. The molecule has 21 heavy (non-hydrogen) atoms. The van der Waals surface area contributed by atoms with Crippen LogP contribution in [0.3, 0.4) is 0 Å². The minimum absolute atomic E-state index is 0.0645. The van der Waals surface area contributed by atoms with Crippen molar-refractivity contribution in [2.75, 3.05) is 5.73 Å². The third-order valence-corrected chi connectivity index (χ3v) is 5.46. The predicted octanol–water partition coefficient (Wildman–Crippen LogP) is 2.42. The van der Waals surface area contributed by atoms with Gasteiger partial charge in [-0.25, -0.2) is 13.1 Å². The SMILES string of the molecule is CCC(CC)(CC)NS(=O)(=O)c1ccc([N+](=O)[O-])c(N)c1. The van der Waals surface area contributed by atoms with Crippen LogP contribution in [0, 0.1) is 10.1 Å². The van der Waals surface area contributed by atoms with E-state index in [-0.39, 0.29) is 16.3 Å². The normalized spacial score (nSPS) is 12.3. The molecule has 0 aromatic heterocycles. The highest BCUT2D eigenvalue weighted by Crippen LogP contribution is 2.27. The van der Waals surface area contributed by atoms with Gasteiger partial charge in [-0.05, 0) is 31.4 Å². The number of nitrogens with two attached hydrogens (primary N) is 1. The predicted molar refractivity (Wildman–Crippen MR) is 81.4 cm³/mol. The third-order valence-electron chi connectivity index (χ3n) is 3.89. The number of benzene rings is 1. The molecule has 0 bridgehead atoms. The molecular formula is C13H21N3O4S. The van der Waals surface area contributed by atoms with E-state index in [2.05, 4.69) is 4.72 Å². The van der Waals surface area contributed by atoms with Crippen LogP contribution in [0.15, 0.2) is 23.1 Å². The highest BCUT2D eigenvalue weighted by atomic mass is 32.2. The molecule has 0 heterocycles. The maximum Gasteiger partial charge on any atom is 0.292 e. The molecule has 0 radical (unpaired) electrons. The summed E-state index contributed by atoms with van der Waals surface area (Å²) in [5.41, 5.74) is 4.56. The van der Waals surface area contributed by atoms with E-state index in [0.29, 0.717) is 19.3 Å². The second-order valence-electron chi connectivity index (χ2n) is 4.92. The fourth-order valence-electron chi connectivity index (χ4n) is 2.18. The minimum atomic E-state index is -3.77. The van der Waals surface area contributed by atoms with E-state index in [9.17, 15) is 18.5 Å². The van der Waals surface area contributed by atoms with E-state index < -0.39 is 20.5 Å². The number of hydrogen-bond acceptors (Lipinski definition) is 5. The van der Waals surface area contributed by atoms with E-state index in [1.807, 2.05) is 20.8 Å². The van der Waals surface area contributed by atoms with Crippen LogP contribution in [0.4, 0.5) is 11.4 Å². The van der Waals surface area contributed by atoms with Gasteiger partial charge in [0.15, 0.2) is 0 Å². The van der Waals surface area contributed by atoms with Crippen molar-refractivity contribution in [3.8, 4) is 0 Å². The summed E-state index contributed by atoms with van der Waals surface area (Å²) in [6.45, 7) is 5.75. The Labute approximate surface area is 124 Å². The van der Waals surface area contributed by atoms with Crippen LogP contribution in [0.5, 0.6) is 0 Å². The molecule has 1 aromatic carbocycles. The molecule has 0 aliphatic heterocycles. The Morgan fingerprint density at radius 2 is 1.76 bits per heavy atom. The summed E-state index contributed by atoms with van der Waals surface area (Å²) in [5, 5.41) is 10.7. The first-order valence-electron chi connectivity index (χ1n) is 6.79. The standard InChI is InChI=1S/C13H21N3O4S/c1-4-13(5-2,6-3)15-21(19,20)10-7-8-12(16(17)18)11(14)9-10/h7-9,15H,4-6,14H2,1-3H3. The molecule has 0 aliphatic carbocycles. The van der Waals surface area contributed by atoms with Gasteiger partial charge in [-0.15, -0.1) is 0 Å². The quantitative estimate of drug-likeness (QED) is 0.455. The monoisotopic (exact) mass is 315 g/mol. The number of hydrogen-bond donors (Lipinski definition) is 2. The van der Waals surface area contributed by atoms with Gasteiger partial charge in [0.05, 0.1) is 9.82 Å². The van der Waals surface area contributed by atoms with Crippen LogP contribution in [-0.4, -0.2) is 18.9 Å². The zero-order chi connectivity index (χ0) is 16.3. The molecule has 118 valence electrons. The van der Waals surface area contributed by atoms with Crippen LogP contribution >= 0.6 is 0 Å². The lowest BCUT2D eigenvalue weighted by Gasteiger charge is -2.31. The molecule has 8 heteroatoms. The number of sulfonamides is 1. The lowest BCUT2D eigenvalue weighted by molar-refractivity contribution is -0.383. The highest BCUT2D eigenvalue weighted by molar-refractivity contribution is 7.89. The van der Waals surface area contributed by atoms with Crippen molar-refractivity contribution in [2.45, 2.75) is 50.5 Å². The summed E-state index contributed by atoms with van der Waals surface area (Å²) in [4.78, 5) is 10.0. The van der Waals surface area contributed by atoms with Crippen molar-refractivity contribution in [2.24, 2.45) is 0 Å². The van der Waals surface area contributed by atoms with Crippen molar-refractivity contribution in [3.05, 3.63) is 28.3 Å². The first-order valence-corrected chi connectivity index (χ1v) is 8.27. The second-order valence-corrected chi connectivity index (χ2v) is 6.61. The van der Waals surface area contributed by atoms with E-state index in [1.165, 1.54) is 6.07 Å². The molecule has 0 amide bonds. The summed E-state index contributed by atoms with van der Waals surface area (Å²) < 4.78 is 27.5. The molecule has 0 unspecified atom stereocenters. The molecule has 3 N–H and O–H groups in total. The lowest BCUT2D eigenvalue weighted by Crippen LogP contribution is -2.46. The summed E-state index contributed by atoms with van der Waals surface area (Å²) >= 11 is 0. The Kier molecular flexibility index (Phi) is 5.30. The van der Waals surface area contributed by atoms with Gasteiger partial charge in [-0.1, -0.05) is 20.8 Å². The van der Waals surface area contributed by atoms with Crippen LogP contribution in [0.25, 0.3) is 0 Å². The first kappa shape index (κ1) is 17.4. The zero-order valence-corrected chi connectivity index (χ0v) is 13.2. The number of nitro groups is 1. The molecule has 0 saturated carbocycles. The van der Waals surface area contributed by atoms with Crippen LogP contribution in [0.2, 0.25) is 0 Å². The first-order chi connectivity index (χ1) is 9.71. The topological polar surface area (TPSA) is 115 Å². The molecule has 0 atom stereocenters. The van der Waals surface area contributed by atoms with Crippen LogP contribution in [-0.2, 0) is 10.0 Å². The Morgan fingerprint density at radius 1 is 1.24 bits per heavy atom. The van der Waals surface area contributed by atoms with Crippen molar-refractivity contribution in [3.63, 3.8) is 0 Å². The average molecular weight is 315 g/mol. The molecule has 7 nitrogen and oxygen atoms in total. The minimum Gasteiger partial charge on any atom is -0.393 e. The van der Waals surface area contributed by atoms with Gasteiger partial charge < -0.3 is 5.73 Å². The lowest BCUT2D eigenvalue weighted by atomic mass is 9.91. The molecule has 1 rings (SSSR count). The van der Waals surface area contributed by atoms with E-state index in [4.69, 9.17) is 5.73 Å². The molecule has 0 spiro atoms. The van der Waals surface area contributed by atoms with Crippen molar-refractivity contribution in [1.82, 2.24) is 4.72 Å². The van der Waals surface area contributed by atoms with Gasteiger partial charge in [-0.3, -0.25) is 10.1 Å². The number of rotatable bonds is 7. The van der Waals surface area contributed by atoms with E-state index >= 15 is 0 Å². The van der Waals surface area contributed by atoms with Crippen molar-refractivity contribution < 1.29 is 13.3 Å². The van der Waals surface area contributed by atoms with Gasteiger partial charge in [0, 0.05) is 11.6 Å². The molecular weight excluding hydrogens is 294 g/mol. The van der Waals surface area contributed by atoms with E-state index in [0.717, 1.165) is 12.1 Å². The van der Waals surface area contributed by atoms with Gasteiger partial charge in [0.2, 0.25) is 10.0 Å². The summed E-state index contributed by atoms with van der Waals surface area (Å²) in [7, 11) is -3.77. The molecule has 0 saturated heterocycles. The van der Waals surface area contributed by atoms with Gasteiger partial charge in [0.25, 0.3) is 5.69 Å². The highest BCUT2D eigenvalue weighted by Gasteiger charge is 2.31. The molecule has 0 aliphatic rings. The Balaban J connectivity index is 3.20. The maximum atomic E-state index is 12.4. The Morgan fingerprint density at radius 3 is 2.14 bits per heavy atom. The number of nitro benzene ring substituents is 1. The number of nitrogens with zero attached hydrogens (tertiary/aromatic N) is 1. The fourth-order valence-corrected chi connectivity index (χ4v) is 3.83. The third kappa shape index (κ3) is 3.70. The van der Waals surface area contributed by atoms with Gasteiger partial charge >= 0.3 is 0 Å². The maximum absolute atomic E-state index is 12.4. The summed E-state index contributed by atoms with van der Waals surface area (Å²) in [5.74, 6) is 0. The summed E-state index contributed by atoms with van der Waals surface area (Å²) in [6, 6.07) is 3.42. The largest absolute Gasteiger partial charge is 0.393 e. The average Bonchev–Trinajstić information content (AvgIpc) is 2.44. The van der Waals surface area contributed by atoms with Crippen LogP contribution in [0.1, 0.15) is 40.0 Å². The van der Waals surface area contributed by atoms with Crippen LogP contribution < -0.4 is 10.5 Å². The smallest absolute Gasteiger partial charge is 0.292 e. The second kappa shape index (κ2) is 6.40. The van der Waals surface area contributed by atoms with Crippen molar-refractivity contribution >= 4 is 21.4 Å². The number of anilines is 1. The fraction of sp³-hybridized carbons (Fsp3) is 0.538. The Bertz CT molecular complexity index is 616. The zero-order valence-electron chi connectivity index (χ0n) is 12.4. The van der Waals surface area contributed by atoms with Gasteiger partial charge in [0.1, 0.15) is 5.69 Å². The van der Waals surface area contributed by atoms with Crippen molar-refractivity contribution in [1.29, 1.82) is 0 Å². The summed E-state index contributed by atoms with van der Waals surface area (Å²) in [6.07, 6.45) is 1.96. The number of nitrogen functional groups attached to an aromatic ring is 1. The molecule has 0 fully saturated rings.